The van der Waals surface area contributed by atoms with Crippen LogP contribution in [0, 0.1) is 34.0 Å². The molecule has 11 unspecified atom stereocenters. The Balaban J connectivity index is 0.000000594. The lowest BCUT2D eigenvalue weighted by molar-refractivity contribution is -0.314. The van der Waals surface area contributed by atoms with Crippen molar-refractivity contribution >= 4 is 35.5 Å². The number of epoxide rings is 1. The Hall–Kier alpha value is -2.82. The maximum Gasteiger partial charge on any atom is 0.500 e. The number of methoxy groups -OCH3 is 1. The Labute approximate surface area is 490 Å². The molecule has 0 amide bonds. The highest BCUT2D eigenvalue weighted by Crippen LogP contribution is 2.56. The van der Waals surface area contributed by atoms with E-state index in [-0.39, 0.29) is 90.4 Å². The first-order chi connectivity index (χ1) is 39.7. The van der Waals surface area contributed by atoms with Crippen molar-refractivity contribution in [3.05, 3.63) is 38.0 Å². The van der Waals surface area contributed by atoms with Crippen LogP contribution < -0.4 is 0 Å². The molecule has 6 N–H and O–H groups in total. The third-order valence-electron chi connectivity index (χ3n) is 13.8. The van der Waals surface area contributed by atoms with Crippen LogP contribution in [0.25, 0.3) is 0 Å². The van der Waals surface area contributed by atoms with Gasteiger partial charge in [-0.05, 0) is 63.7 Å². The molecular formula is C53H98O28Si2. The quantitative estimate of drug-likeness (QED) is 0.00967. The van der Waals surface area contributed by atoms with Gasteiger partial charge in [-0.3, -0.25) is 19.6 Å². The number of aliphatic hydroxyl groups excluding tert-OH is 4. The molecule has 1 saturated heterocycles. The van der Waals surface area contributed by atoms with E-state index >= 15 is 0 Å². The van der Waals surface area contributed by atoms with Crippen LogP contribution in [0.2, 0.25) is 12.1 Å². The fourth-order valence-corrected chi connectivity index (χ4v) is 11.4. The fourth-order valence-electron chi connectivity index (χ4n) is 8.00. The average molecular weight is 1240 g/mol. The van der Waals surface area contributed by atoms with Gasteiger partial charge in [0.25, 0.3) is 0 Å². The van der Waals surface area contributed by atoms with Gasteiger partial charge >= 0.3 is 35.5 Å². The first kappa shape index (κ1) is 78.2. The highest BCUT2D eigenvalue weighted by molar-refractivity contribution is 6.60. The fraction of sp³-hybridized carbons (Fsp3) is 0.830. The zero-order valence-corrected chi connectivity index (χ0v) is 52.1. The van der Waals surface area contributed by atoms with Crippen molar-refractivity contribution in [3.8, 4) is 0 Å². The Morgan fingerprint density at radius 2 is 0.916 bits per heavy atom. The van der Waals surface area contributed by atoms with Crippen molar-refractivity contribution in [2.24, 2.45) is 34.0 Å². The van der Waals surface area contributed by atoms with E-state index in [4.69, 9.17) is 94.4 Å². The predicted octanol–water partition coefficient (Wildman–Crippen LogP) is 2.21. The van der Waals surface area contributed by atoms with Crippen molar-refractivity contribution in [1.82, 2.24) is 0 Å². The van der Waals surface area contributed by atoms with Gasteiger partial charge in [0.15, 0.2) is 0 Å². The zero-order chi connectivity index (χ0) is 62.4. The molecule has 1 heterocycles. The first-order valence-electron chi connectivity index (χ1n) is 27.4. The number of esters is 2. The van der Waals surface area contributed by atoms with Gasteiger partial charge in [-0.25, -0.2) is 24.4 Å². The van der Waals surface area contributed by atoms with Crippen LogP contribution in [-0.2, 0) is 103 Å². The monoisotopic (exact) mass is 1240 g/mol. The molecule has 4 aliphatic rings. The van der Waals surface area contributed by atoms with E-state index in [1.54, 1.807) is 60.9 Å². The van der Waals surface area contributed by atoms with Crippen LogP contribution in [0.3, 0.4) is 0 Å². The summed E-state index contributed by atoms with van der Waals surface area (Å²) in [7, 11) is 5.94. The van der Waals surface area contributed by atoms with Crippen LogP contribution in [0.1, 0.15) is 46.0 Å². The number of allylic oxidation sites excluding steroid dienone is 3. The number of hydrogen-bond acceptors (Lipinski definition) is 27. The van der Waals surface area contributed by atoms with Crippen molar-refractivity contribution in [2.45, 2.75) is 88.6 Å². The lowest BCUT2D eigenvalue weighted by atomic mass is 10.1. The van der Waals surface area contributed by atoms with Gasteiger partial charge in [-0.15, -0.1) is 19.7 Å². The Bertz CT molecular complexity index is 1760. The van der Waals surface area contributed by atoms with Crippen LogP contribution in [0.15, 0.2) is 38.0 Å². The number of carboxylic acid groups (broad SMARTS) is 1. The largest absolute Gasteiger partial charge is 0.500 e. The second-order valence-corrected chi connectivity index (χ2v) is 26.0. The molecule has 30 heteroatoms. The molecular weight excluding hydrogens is 1140 g/mol. The van der Waals surface area contributed by atoms with Crippen LogP contribution >= 0.6 is 0 Å². The highest BCUT2D eigenvalue weighted by Gasteiger charge is 2.62. The number of ether oxygens (including phenoxy) is 8. The Morgan fingerprint density at radius 3 is 1.25 bits per heavy atom. The minimum Gasteiger partial charge on any atom is -0.481 e. The number of aliphatic hydroxyl groups is 4. The van der Waals surface area contributed by atoms with E-state index < -0.39 is 76.2 Å². The molecule has 3 saturated carbocycles. The van der Waals surface area contributed by atoms with E-state index in [9.17, 15) is 34.8 Å². The van der Waals surface area contributed by atoms with Crippen LogP contribution in [0.5, 0.6) is 0 Å². The summed E-state index contributed by atoms with van der Waals surface area (Å²) >= 11 is 0. The summed E-state index contributed by atoms with van der Waals surface area (Å²) in [5.74, 6) is -2.14. The van der Waals surface area contributed by atoms with E-state index in [0.29, 0.717) is 70.9 Å². The van der Waals surface area contributed by atoms with Gasteiger partial charge in [0.2, 0.25) is 0 Å². The second kappa shape index (κ2) is 42.9. The molecule has 1 aliphatic heterocycles. The summed E-state index contributed by atoms with van der Waals surface area (Å²) in [6.45, 7) is 17.8. The molecule has 0 radical (unpaired) electrons. The molecule has 11 atom stereocenters. The molecule has 83 heavy (non-hydrogen) atoms. The molecule has 0 aromatic rings. The smallest absolute Gasteiger partial charge is 0.481 e. The van der Waals surface area contributed by atoms with Gasteiger partial charge in [0.05, 0.1) is 59.5 Å². The van der Waals surface area contributed by atoms with Gasteiger partial charge < -0.3 is 90.0 Å². The third-order valence-corrected chi connectivity index (χ3v) is 19.4. The van der Waals surface area contributed by atoms with E-state index in [1.807, 2.05) is 13.8 Å². The topological polar surface area (TPSA) is 351 Å². The molecule has 486 valence electrons. The lowest BCUT2D eigenvalue weighted by Crippen LogP contribution is -2.42. The number of carboxylic acids is 1. The Morgan fingerprint density at radius 1 is 0.542 bits per heavy atom. The molecule has 0 aromatic carbocycles. The summed E-state index contributed by atoms with van der Waals surface area (Å²) < 4.78 is 73.1. The molecule has 0 bridgehead atoms. The van der Waals surface area contributed by atoms with E-state index in [2.05, 4.69) is 24.6 Å². The molecule has 4 fully saturated rings. The summed E-state index contributed by atoms with van der Waals surface area (Å²) in [4.78, 5) is 59.4. The number of carbonyl (C=O) groups is 3. The normalized spacial score (nSPS) is 24.4. The molecule has 28 nitrogen and oxygen atoms in total. The maximum atomic E-state index is 12.6. The maximum absolute atomic E-state index is 12.6. The van der Waals surface area contributed by atoms with Crippen LogP contribution in [0.4, 0.5) is 0 Å². The molecule has 0 spiro atoms. The number of aliphatic carboxylic acids is 1. The summed E-state index contributed by atoms with van der Waals surface area (Å²) in [5.41, 5.74) is -2.66. The summed E-state index contributed by atoms with van der Waals surface area (Å²) in [6.07, 6.45) is 4.86. The van der Waals surface area contributed by atoms with Crippen LogP contribution in [-0.4, -0.2) is 259 Å². The Kier molecular flexibility index (Phi) is 40.4. The number of hydrogen-bond donors (Lipinski definition) is 6. The van der Waals surface area contributed by atoms with Crippen molar-refractivity contribution < 1.29 is 134 Å². The van der Waals surface area contributed by atoms with Gasteiger partial charge in [0, 0.05) is 88.3 Å². The minimum atomic E-state index is -2.64. The van der Waals surface area contributed by atoms with Crippen molar-refractivity contribution in [1.29, 1.82) is 0 Å². The molecule has 3 aliphatic carbocycles. The summed E-state index contributed by atoms with van der Waals surface area (Å²) in [6, 6.07) is 1.36. The lowest BCUT2D eigenvalue weighted by Gasteiger charge is -2.24. The van der Waals surface area contributed by atoms with Gasteiger partial charge in [-0.2, -0.15) is 0 Å². The number of rotatable bonds is 48. The van der Waals surface area contributed by atoms with E-state index in [0.717, 1.165) is 19.1 Å². The molecule has 4 rings (SSSR count). The standard InChI is InChI=1S/C20H38O11Si.C17H30O8.C9H20O5Si.C7H10O4/c1-6-16-10-20(16,15-31-30-14-17(21)11-24-2)19(23)29-13-18(22)12-28-8-7-9-32(25-3,26-4)27-5;1-4-13-7-17(13,12-25-24-11-15(19)9-22-6-3)16(20)23-10-14(18)8-21-5-2;1-10-15(11-2,12-3)6-4-5-13-7-9-8-14-9;1-2-5-3-7(5,4-11-10)6(8)9/h6,16-18,21-22H,1,7-15H2,2-5H3;4,13-15,18-19H,1,5-12H2,2-3H3;9H,4-8H2,1-3H3;2,5,10H,1,3-4H2,(H,8,9). The van der Waals surface area contributed by atoms with Gasteiger partial charge in [-0.1, -0.05) is 18.2 Å². The highest BCUT2D eigenvalue weighted by atomic mass is 28.4. The zero-order valence-electron chi connectivity index (χ0n) is 50.1. The van der Waals surface area contributed by atoms with Crippen molar-refractivity contribution in [2.75, 3.05) is 162 Å². The third kappa shape index (κ3) is 28.7. The second-order valence-electron chi connectivity index (χ2n) is 19.8. The first-order valence-corrected chi connectivity index (χ1v) is 31.3. The predicted molar refractivity (Wildman–Crippen MR) is 297 cm³/mol. The molecule has 0 aromatic heterocycles. The van der Waals surface area contributed by atoms with Gasteiger partial charge in [0.1, 0.15) is 73.2 Å². The summed E-state index contributed by atoms with van der Waals surface area (Å²) in [5, 5.41) is 55.6. The number of carbonyl (C=O) groups excluding carboxylic acids is 2. The van der Waals surface area contributed by atoms with Crippen molar-refractivity contribution in [3.63, 3.8) is 0 Å². The average Bonchev–Trinajstić information content (AvgIpc) is 4.26. The minimum absolute atomic E-state index is 0.00850. The van der Waals surface area contributed by atoms with E-state index in [1.165, 1.54) is 7.11 Å². The SMILES string of the molecule is C=CC1CC1(COO)C(=O)O.C=CC1CC1(COOCC(O)COC)C(=O)OCC(O)COCCC[Si](OC)(OC)OC.C=CC1CC1(COOCC(O)COCC)C(=O)OCC(O)COCC.CO[Si](CCCOCC1CO1)(OC)OC.